The molecule has 31 heavy (non-hydrogen) atoms. The van der Waals surface area contributed by atoms with E-state index in [0.717, 1.165) is 23.4 Å². The van der Waals surface area contributed by atoms with Crippen LogP contribution in [0.3, 0.4) is 0 Å². The minimum Gasteiger partial charge on any atom is -0.320 e. The molecule has 0 fully saturated rings. The lowest BCUT2D eigenvalue weighted by molar-refractivity contribution is 0.209. The van der Waals surface area contributed by atoms with Crippen molar-refractivity contribution in [3.8, 4) is 0 Å². The topological polar surface area (TPSA) is 45.2 Å². The molecule has 0 aliphatic heterocycles. The van der Waals surface area contributed by atoms with Crippen LogP contribution in [-0.2, 0) is 24.8 Å². The smallest absolute Gasteiger partial charge is 0.320 e. The summed E-state index contributed by atoms with van der Waals surface area (Å²) >= 11 is 0. The maximum absolute atomic E-state index is 13.1. The largest absolute Gasteiger partial charge is 0.322 e. The monoisotopic (exact) mass is 415 g/mol. The van der Waals surface area contributed by atoms with Crippen molar-refractivity contribution in [2.45, 2.75) is 52.5 Å². The highest BCUT2D eigenvalue weighted by Gasteiger charge is 2.17. The lowest BCUT2D eigenvalue weighted by Gasteiger charge is -2.24. The summed E-state index contributed by atoms with van der Waals surface area (Å²) in [5.41, 5.74) is 5.56. The molecule has 0 aliphatic carbocycles. The molecule has 0 saturated carbocycles. The van der Waals surface area contributed by atoms with Gasteiger partial charge in [0.15, 0.2) is 0 Å². The van der Waals surface area contributed by atoms with Crippen molar-refractivity contribution in [1.29, 1.82) is 0 Å². The molecule has 4 heteroatoms. The second-order valence-electron chi connectivity index (χ2n) is 8.92. The molecule has 3 aromatic rings. The fourth-order valence-corrected chi connectivity index (χ4v) is 3.40. The number of nitrogens with zero attached hydrogens (tertiary/aromatic N) is 2. The minimum atomic E-state index is -0.0972. The maximum Gasteiger partial charge on any atom is 0.322 e. The molecule has 0 atom stereocenters. The van der Waals surface area contributed by atoms with Crippen LogP contribution in [-0.4, -0.2) is 22.5 Å². The van der Waals surface area contributed by atoms with Gasteiger partial charge in [-0.1, -0.05) is 70.2 Å². The third-order valence-corrected chi connectivity index (χ3v) is 5.46. The van der Waals surface area contributed by atoms with E-state index in [9.17, 15) is 4.79 Å². The van der Waals surface area contributed by atoms with Gasteiger partial charge in [0.05, 0.1) is 0 Å². The molecule has 1 heterocycles. The molecule has 0 aliphatic rings. The summed E-state index contributed by atoms with van der Waals surface area (Å²) in [6.45, 7) is 9.89. The van der Waals surface area contributed by atoms with Crippen LogP contribution in [0.2, 0.25) is 0 Å². The van der Waals surface area contributed by atoms with Crippen molar-refractivity contribution in [3.63, 3.8) is 0 Å². The number of rotatable bonds is 7. The summed E-state index contributed by atoms with van der Waals surface area (Å²) < 4.78 is 0. The van der Waals surface area contributed by atoms with Gasteiger partial charge in [0.1, 0.15) is 0 Å². The Balaban J connectivity index is 1.73. The van der Waals surface area contributed by atoms with Crippen LogP contribution in [0.15, 0.2) is 72.9 Å². The molecule has 162 valence electrons. The lowest BCUT2D eigenvalue weighted by atomic mass is 9.87. The van der Waals surface area contributed by atoms with E-state index in [0.29, 0.717) is 19.5 Å². The van der Waals surface area contributed by atoms with Crippen LogP contribution in [0.1, 0.15) is 50.1 Å². The van der Waals surface area contributed by atoms with E-state index in [-0.39, 0.29) is 11.4 Å². The van der Waals surface area contributed by atoms with Gasteiger partial charge in [-0.2, -0.15) is 0 Å². The van der Waals surface area contributed by atoms with Crippen LogP contribution in [0.25, 0.3) is 0 Å². The highest BCUT2D eigenvalue weighted by molar-refractivity contribution is 5.89. The Labute approximate surface area is 186 Å². The first-order chi connectivity index (χ1) is 14.8. The van der Waals surface area contributed by atoms with E-state index in [2.05, 4.69) is 74.4 Å². The number of nitrogens with one attached hydrogen (secondary N) is 1. The zero-order valence-electron chi connectivity index (χ0n) is 19.1. The number of anilines is 1. The molecule has 0 unspecified atom stereocenters. The molecule has 2 aromatic carbocycles. The Morgan fingerprint density at radius 1 is 0.935 bits per heavy atom. The predicted molar refractivity (Wildman–Crippen MR) is 128 cm³/mol. The molecule has 4 nitrogen and oxygen atoms in total. The fraction of sp³-hybridized carbons (Fsp3) is 0.333. The van der Waals surface area contributed by atoms with E-state index in [1.165, 1.54) is 11.1 Å². The van der Waals surface area contributed by atoms with Crippen LogP contribution >= 0.6 is 0 Å². The SMILES string of the molecule is CCc1ccc(NC(=O)N(CCc2ccccn2)Cc2ccc(C(C)(C)C)cc2)cc1. The van der Waals surface area contributed by atoms with Gasteiger partial charge in [0.25, 0.3) is 0 Å². The third kappa shape index (κ3) is 6.68. The van der Waals surface area contributed by atoms with Gasteiger partial charge in [-0.05, 0) is 52.8 Å². The Morgan fingerprint density at radius 2 is 1.61 bits per heavy atom. The average molecular weight is 416 g/mol. The second kappa shape index (κ2) is 10.3. The Morgan fingerprint density at radius 3 is 2.19 bits per heavy atom. The molecule has 1 N–H and O–H groups in total. The number of benzene rings is 2. The van der Waals surface area contributed by atoms with Gasteiger partial charge in [0, 0.05) is 37.1 Å². The number of aryl methyl sites for hydroxylation is 1. The van der Waals surface area contributed by atoms with Crippen LogP contribution < -0.4 is 5.32 Å². The number of carbonyl (C=O) groups excluding carboxylic acids is 1. The van der Waals surface area contributed by atoms with Crippen LogP contribution in [0.4, 0.5) is 10.5 Å². The number of amides is 2. The molecule has 0 saturated heterocycles. The highest BCUT2D eigenvalue weighted by Crippen LogP contribution is 2.23. The minimum absolute atomic E-state index is 0.0972. The van der Waals surface area contributed by atoms with Gasteiger partial charge in [0.2, 0.25) is 0 Å². The summed E-state index contributed by atoms with van der Waals surface area (Å²) in [5, 5.41) is 3.05. The molecule has 0 spiro atoms. The third-order valence-electron chi connectivity index (χ3n) is 5.46. The quantitative estimate of drug-likeness (QED) is 0.498. The summed E-state index contributed by atoms with van der Waals surface area (Å²) in [6.07, 6.45) is 3.48. The standard InChI is InChI=1S/C27H33N3O/c1-5-21-11-15-25(16-12-21)29-26(31)30(19-17-24-8-6-7-18-28-24)20-22-9-13-23(14-10-22)27(2,3)4/h6-16,18H,5,17,19-20H2,1-4H3,(H,29,31). The summed E-state index contributed by atoms with van der Waals surface area (Å²) in [5.74, 6) is 0. The molecule has 2 amide bonds. The van der Waals surface area contributed by atoms with Crippen molar-refractivity contribution in [3.05, 3.63) is 95.3 Å². The number of aromatic nitrogens is 1. The fourth-order valence-electron chi connectivity index (χ4n) is 3.40. The van der Waals surface area contributed by atoms with Crippen LogP contribution in [0.5, 0.6) is 0 Å². The maximum atomic E-state index is 13.1. The Hall–Kier alpha value is -3.14. The molecular formula is C27H33N3O. The molecule has 3 rings (SSSR count). The van der Waals surface area contributed by atoms with Gasteiger partial charge in [-0.25, -0.2) is 4.79 Å². The van der Waals surface area contributed by atoms with Crippen molar-refractivity contribution < 1.29 is 4.79 Å². The first-order valence-electron chi connectivity index (χ1n) is 11.0. The molecule has 0 bridgehead atoms. The van der Waals surface area contributed by atoms with E-state index >= 15 is 0 Å². The zero-order chi connectivity index (χ0) is 22.3. The summed E-state index contributed by atoms with van der Waals surface area (Å²) in [7, 11) is 0. The lowest BCUT2D eigenvalue weighted by Crippen LogP contribution is -2.36. The van der Waals surface area contributed by atoms with E-state index < -0.39 is 0 Å². The number of hydrogen-bond donors (Lipinski definition) is 1. The van der Waals surface area contributed by atoms with Gasteiger partial charge < -0.3 is 10.2 Å². The Bertz CT molecular complexity index is 958. The molecule has 0 radical (unpaired) electrons. The van der Waals surface area contributed by atoms with Crippen molar-refractivity contribution in [1.82, 2.24) is 9.88 Å². The van der Waals surface area contributed by atoms with Crippen molar-refractivity contribution in [2.24, 2.45) is 0 Å². The summed E-state index contributed by atoms with van der Waals surface area (Å²) in [6, 6.07) is 22.4. The summed E-state index contributed by atoms with van der Waals surface area (Å²) in [4.78, 5) is 19.4. The number of hydrogen-bond acceptors (Lipinski definition) is 2. The van der Waals surface area contributed by atoms with Gasteiger partial charge in [-0.15, -0.1) is 0 Å². The normalized spacial score (nSPS) is 11.2. The van der Waals surface area contributed by atoms with Crippen molar-refractivity contribution >= 4 is 11.7 Å². The second-order valence-corrected chi connectivity index (χ2v) is 8.92. The van der Waals surface area contributed by atoms with Crippen molar-refractivity contribution in [2.75, 3.05) is 11.9 Å². The molecular weight excluding hydrogens is 382 g/mol. The van der Waals surface area contributed by atoms with E-state index in [1.807, 2.05) is 35.2 Å². The Kier molecular flexibility index (Phi) is 7.45. The number of carbonyl (C=O) groups is 1. The van der Waals surface area contributed by atoms with E-state index in [1.54, 1.807) is 6.20 Å². The first kappa shape index (κ1) is 22.5. The molecule has 1 aromatic heterocycles. The van der Waals surface area contributed by atoms with E-state index in [4.69, 9.17) is 0 Å². The zero-order valence-corrected chi connectivity index (χ0v) is 19.1. The average Bonchev–Trinajstić information content (AvgIpc) is 2.77. The highest BCUT2D eigenvalue weighted by atomic mass is 16.2. The predicted octanol–water partition coefficient (Wildman–Crippen LogP) is 6.22. The first-order valence-corrected chi connectivity index (χ1v) is 11.0. The number of pyridine rings is 1. The van der Waals surface area contributed by atoms with Crippen LogP contribution in [0, 0.1) is 0 Å². The number of urea groups is 1. The van der Waals surface area contributed by atoms with Gasteiger partial charge >= 0.3 is 6.03 Å². The van der Waals surface area contributed by atoms with Gasteiger partial charge in [-0.3, -0.25) is 4.98 Å².